The molecule has 32 heavy (non-hydrogen) atoms. The van der Waals surface area contributed by atoms with Gasteiger partial charge in [-0.15, -0.1) is 0 Å². The normalized spacial score (nSPS) is 38.2. The Morgan fingerprint density at radius 3 is 2.59 bits per heavy atom. The molecule has 0 aromatic heterocycles. The molecular formula is C26H36O5Si. The van der Waals surface area contributed by atoms with E-state index < -0.39 is 14.3 Å². The second-order valence-electron chi connectivity index (χ2n) is 11.5. The number of esters is 1. The number of allylic oxidation sites excluding steroid dienone is 5. The topological polar surface area (TPSA) is 69.7 Å². The van der Waals surface area contributed by atoms with Crippen LogP contribution in [0.25, 0.3) is 0 Å². The van der Waals surface area contributed by atoms with E-state index in [0.29, 0.717) is 11.8 Å². The van der Waals surface area contributed by atoms with Crippen LogP contribution in [0.15, 0.2) is 35.5 Å². The summed E-state index contributed by atoms with van der Waals surface area (Å²) >= 11 is 0. The van der Waals surface area contributed by atoms with Gasteiger partial charge in [0.2, 0.25) is 0 Å². The maximum atomic E-state index is 13.1. The quantitative estimate of drug-likeness (QED) is 0.439. The number of fused-ring (bicyclic) bond motifs is 5. The van der Waals surface area contributed by atoms with E-state index in [0.717, 1.165) is 31.3 Å². The van der Waals surface area contributed by atoms with Crippen molar-refractivity contribution >= 4 is 25.9 Å². The van der Waals surface area contributed by atoms with E-state index in [1.807, 2.05) is 6.08 Å². The average molecular weight is 457 g/mol. The first-order chi connectivity index (χ1) is 14.8. The number of carbonyl (C=O) groups excluding carboxylic acids is 3. The fourth-order valence-electron chi connectivity index (χ4n) is 7.10. The predicted octanol–water partition coefficient (Wildman–Crippen LogP) is 4.79. The van der Waals surface area contributed by atoms with Gasteiger partial charge >= 0.3 is 5.97 Å². The molecule has 4 aliphatic rings. The first-order valence-electron chi connectivity index (χ1n) is 11.8. The lowest BCUT2D eigenvalue weighted by atomic mass is 9.47. The van der Waals surface area contributed by atoms with Crippen LogP contribution in [0.2, 0.25) is 19.6 Å². The van der Waals surface area contributed by atoms with E-state index in [2.05, 4.69) is 45.6 Å². The number of Topliss-reactive ketones (excluding diaryl/α,β-unsaturated/α-hetero) is 1. The van der Waals surface area contributed by atoms with Gasteiger partial charge in [-0.1, -0.05) is 31.6 Å². The van der Waals surface area contributed by atoms with Crippen LogP contribution < -0.4 is 0 Å². The molecule has 0 saturated heterocycles. The van der Waals surface area contributed by atoms with Crippen molar-refractivity contribution in [2.24, 2.45) is 28.6 Å². The van der Waals surface area contributed by atoms with Crippen LogP contribution in [0, 0.1) is 28.6 Å². The minimum atomic E-state index is -1.86. The molecule has 6 heteroatoms. The van der Waals surface area contributed by atoms with Gasteiger partial charge in [-0.25, -0.2) is 0 Å². The Hall–Kier alpha value is -1.79. The van der Waals surface area contributed by atoms with Crippen molar-refractivity contribution in [3.05, 3.63) is 35.5 Å². The SMILES string of the molecule is CC(=O)OCC(=O)C1=CC[C@H]2[C@@H]3CCC4=CC(=O)C=C[C@]4(C)[C@H]3[C@@H](O[Si](C)(C)C)C[C@]12C. The lowest BCUT2D eigenvalue weighted by Gasteiger charge is -2.60. The fourth-order valence-corrected chi connectivity index (χ4v) is 8.24. The summed E-state index contributed by atoms with van der Waals surface area (Å²) in [7, 11) is -1.86. The standard InChI is InChI=1S/C26H36O5Si/c1-16(27)30-15-22(29)21-10-9-20-19-8-7-17-13-18(28)11-12-25(17,2)24(19)23(14-26(20,21)3)31-32(4,5)6/h10-13,19-20,23-24H,7-9,14-15H2,1-6H3/t19-,20-,23-,24+,25-,26-/m0/s1. The van der Waals surface area contributed by atoms with E-state index in [-0.39, 0.29) is 41.0 Å². The molecule has 0 spiro atoms. The Morgan fingerprint density at radius 1 is 1.22 bits per heavy atom. The number of ketones is 2. The molecule has 0 aliphatic heterocycles. The van der Waals surface area contributed by atoms with E-state index in [4.69, 9.17) is 9.16 Å². The van der Waals surface area contributed by atoms with Crippen LogP contribution in [0.5, 0.6) is 0 Å². The summed E-state index contributed by atoms with van der Waals surface area (Å²) in [6.45, 7) is 12.3. The Labute approximate surface area is 192 Å². The van der Waals surface area contributed by atoms with Crippen molar-refractivity contribution < 1.29 is 23.5 Å². The van der Waals surface area contributed by atoms with E-state index >= 15 is 0 Å². The van der Waals surface area contributed by atoms with Gasteiger partial charge < -0.3 is 9.16 Å². The summed E-state index contributed by atoms with van der Waals surface area (Å²) in [5.41, 5.74) is 1.57. The maximum Gasteiger partial charge on any atom is 0.303 e. The number of hydrogen-bond donors (Lipinski definition) is 0. The van der Waals surface area contributed by atoms with E-state index in [1.165, 1.54) is 12.5 Å². The van der Waals surface area contributed by atoms with Crippen LogP contribution in [-0.2, 0) is 23.5 Å². The van der Waals surface area contributed by atoms with Crippen LogP contribution >= 0.6 is 0 Å². The van der Waals surface area contributed by atoms with Crippen molar-refractivity contribution in [1.82, 2.24) is 0 Å². The van der Waals surface area contributed by atoms with Gasteiger partial charge in [0.05, 0.1) is 6.10 Å². The number of hydrogen-bond acceptors (Lipinski definition) is 5. The van der Waals surface area contributed by atoms with Gasteiger partial charge in [-0.3, -0.25) is 14.4 Å². The van der Waals surface area contributed by atoms with Crippen LogP contribution in [-0.4, -0.2) is 38.6 Å². The van der Waals surface area contributed by atoms with E-state index in [1.54, 1.807) is 6.08 Å². The van der Waals surface area contributed by atoms with Crippen LogP contribution in [0.4, 0.5) is 0 Å². The van der Waals surface area contributed by atoms with Crippen molar-refractivity contribution in [1.29, 1.82) is 0 Å². The first-order valence-corrected chi connectivity index (χ1v) is 15.3. The third kappa shape index (κ3) is 3.90. The molecule has 0 N–H and O–H groups in total. The molecule has 0 heterocycles. The highest BCUT2D eigenvalue weighted by molar-refractivity contribution is 6.69. The summed E-state index contributed by atoms with van der Waals surface area (Å²) in [4.78, 5) is 36.4. The molecule has 2 saturated carbocycles. The predicted molar refractivity (Wildman–Crippen MR) is 125 cm³/mol. The summed E-state index contributed by atoms with van der Waals surface area (Å²) in [6.07, 6.45) is 11.4. The summed E-state index contributed by atoms with van der Waals surface area (Å²) < 4.78 is 11.9. The maximum absolute atomic E-state index is 13.1. The van der Waals surface area contributed by atoms with Crippen LogP contribution in [0.3, 0.4) is 0 Å². The molecule has 4 rings (SSSR count). The highest BCUT2D eigenvalue weighted by Crippen LogP contribution is 2.65. The molecule has 0 bridgehead atoms. The molecule has 0 radical (unpaired) electrons. The largest absolute Gasteiger partial charge is 0.457 e. The third-order valence-electron chi connectivity index (χ3n) is 8.27. The Bertz CT molecular complexity index is 938. The molecule has 2 fully saturated rings. The monoisotopic (exact) mass is 456 g/mol. The summed E-state index contributed by atoms with van der Waals surface area (Å²) in [5.74, 6) is 0.620. The molecule has 0 aromatic carbocycles. The highest BCUT2D eigenvalue weighted by atomic mass is 28.4. The highest BCUT2D eigenvalue weighted by Gasteiger charge is 2.61. The number of rotatable bonds is 5. The van der Waals surface area contributed by atoms with Gasteiger partial charge in [-0.2, -0.15) is 0 Å². The van der Waals surface area contributed by atoms with Crippen molar-refractivity contribution in [3.8, 4) is 0 Å². The van der Waals surface area contributed by atoms with Gasteiger partial charge in [0.25, 0.3) is 0 Å². The van der Waals surface area contributed by atoms with Crippen LogP contribution in [0.1, 0.15) is 46.5 Å². The number of carbonyl (C=O) groups is 3. The van der Waals surface area contributed by atoms with Gasteiger partial charge in [0, 0.05) is 23.3 Å². The zero-order valence-corrected chi connectivity index (χ0v) is 21.2. The second kappa shape index (κ2) is 7.91. The lowest BCUT2D eigenvalue weighted by Crippen LogP contribution is -2.58. The van der Waals surface area contributed by atoms with Crippen molar-refractivity contribution in [2.45, 2.75) is 72.2 Å². The Kier molecular flexibility index (Phi) is 5.78. The zero-order valence-electron chi connectivity index (χ0n) is 20.2. The van der Waals surface area contributed by atoms with Gasteiger partial charge in [-0.05, 0) is 75.2 Å². The van der Waals surface area contributed by atoms with Gasteiger partial charge in [0.1, 0.15) is 0 Å². The minimum absolute atomic E-state index is 0.0162. The Balaban J connectivity index is 1.71. The average Bonchev–Trinajstić information content (AvgIpc) is 3.01. The van der Waals surface area contributed by atoms with Crippen molar-refractivity contribution in [2.75, 3.05) is 6.61 Å². The molecule has 4 aliphatic carbocycles. The second-order valence-corrected chi connectivity index (χ2v) is 15.9. The summed E-state index contributed by atoms with van der Waals surface area (Å²) in [6, 6.07) is 0. The molecule has 0 amide bonds. The molecule has 0 aromatic rings. The molecular weight excluding hydrogens is 420 g/mol. The smallest absolute Gasteiger partial charge is 0.303 e. The minimum Gasteiger partial charge on any atom is -0.457 e. The lowest BCUT2D eigenvalue weighted by molar-refractivity contribution is -0.145. The number of ether oxygens (including phenoxy) is 1. The molecule has 5 nitrogen and oxygen atoms in total. The fraction of sp³-hybridized carbons (Fsp3) is 0.654. The van der Waals surface area contributed by atoms with Crippen molar-refractivity contribution in [3.63, 3.8) is 0 Å². The van der Waals surface area contributed by atoms with Gasteiger partial charge in [0.15, 0.2) is 26.5 Å². The van der Waals surface area contributed by atoms with E-state index in [9.17, 15) is 14.4 Å². The zero-order chi connectivity index (χ0) is 23.5. The summed E-state index contributed by atoms with van der Waals surface area (Å²) in [5, 5.41) is 0. The Morgan fingerprint density at radius 2 is 1.94 bits per heavy atom. The first kappa shape index (κ1) is 23.4. The molecule has 6 atom stereocenters. The molecule has 174 valence electrons. The third-order valence-corrected chi connectivity index (χ3v) is 9.28. The molecule has 0 unspecified atom stereocenters.